The van der Waals surface area contributed by atoms with Crippen molar-refractivity contribution in [1.29, 1.82) is 0 Å². The maximum Gasteiger partial charge on any atom is 0.418 e. The van der Waals surface area contributed by atoms with E-state index < -0.39 is 22.5 Å². The molecule has 2 aliphatic heterocycles. The second kappa shape index (κ2) is 8.06. The zero-order valence-corrected chi connectivity index (χ0v) is 15.6. The van der Waals surface area contributed by atoms with Crippen LogP contribution in [0.5, 0.6) is 0 Å². The van der Waals surface area contributed by atoms with Gasteiger partial charge in [0.15, 0.2) is 0 Å². The number of hydroxylamine groups is 2. The standard InChI is InChI=1S/C11H18N2O7S.Na/c1-18-4-3-8-5-9-6-12(10(8)7-19-2)11(14)13(9)20-21(15,16)17;/h5,9-10H,3-4,6-7H2,1-2H3,(H,15,16,17);/t9-,10-;/m1./s1. The first-order chi connectivity index (χ1) is 9.87. The Balaban J connectivity index is 0.00000242. The fourth-order valence-corrected chi connectivity index (χ4v) is 2.95. The number of carbonyl (C=O) groups excluding carboxylic acids is 1. The van der Waals surface area contributed by atoms with Gasteiger partial charge in [0.05, 0.1) is 18.7 Å². The monoisotopic (exact) mass is 345 g/mol. The average Bonchev–Trinajstić information content (AvgIpc) is 2.64. The summed E-state index contributed by atoms with van der Waals surface area (Å²) in [5, 5.41) is 0.664. The number of ether oxygens (including phenoxy) is 2. The van der Waals surface area contributed by atoms with Crippen LogP contribution in [0.25, 0.3) is 0 Å². The van der Waals surface area contributed by atoms with E-state index in [2.05, 4.69) is 4.28 Å². The van der Waals surface area contributed by atoms with Crippen molar-refractivity contribution < 1.29 is 31.5 Å². The van der Waals surface area contributed by atoms with Crippen LogP contribution in [-0.2, 0) is 24.2 Å². The van der Waals surface area contributed by atoms with Crippen molar-refractivity contribution in [2.45, 2.75) is 18.5 Å². The van der Waals surface area contributed by atoms with Gasteiger partial charge in [0.25, 0.3) is 0 Å². The third-order valence-corrected chi connectivity index (χ3v) is 3.77. The van der Waals surface area contributed by atoms with Crippen molar-refractivity contribution in [3.8, 4) is 0 Å². The van der Waals surface area contributed by atoms with Gasteiger partial charge in [0.1, 0.15) is 0 Å². The van der Waals surface area contributed by atoms with Gasteiger partial charge in [-0.1, -0.05) is 6.08 Å². The average molecular weight is 345 g/mol. The molecule has 2 rings (SSSR count). The Hall–Kier alpha value is -0.200. The zero-order valence-electron chi connectivity index (χ0n) is 12.8. The summed E-state index contributed by atoms with van der Waals surface area (Å²) >= 11 is 0. The summed E-state index contributed by atoms with van der Waals surface area (Å²) in [6.45, 7) is 1.03. The number of hydrogen-bond donors (Lipinski definition) is 1. The van der Waals surface area contributed by atoms with Crippen LogP contribution in [0.2, 0.25) is 0 Å². The summed E-state index contributed by atoms with van der Waals surface area (Å²) in [4.78, 5) is 13.7. The van der Waals surface area contributed by atoms with Crippen LogP contribution in [0.4, 0.5) is 4.79 Å². The van der Waals surface area contributed by atoms with Crippen molar-refractivity contribution in [3.05, 3.63) is 11.6 Å². The SMILES string of the molecule is COCCC1=C[C@@H]2CN(C(=O)N2OS(=O)(=O)O)[C@@H]1COC.[Na]. The van der Waals surface area contributed by atoms with Crippen molar-refractivity contribution in [1.82, 2.24) is 9.96 Å². The molecule has 2 aliphatic rings. The topological polar surface area (TPSA) is 106 Å². The molecule has 1 saturated heterocycles. The van der Waals surface area contributed by atoms with E-state index in [-0.39, 0.29) is 48.8 Å². The van der Waals surface area contributed by atoms with Crippen molar-refractivity contribution in [2.75, 3.05) is 34.0 Å². The Morgan fingerprint density at radius 2 is 2.05 bits per heavy atom. The van der Waals surface area contributed by atoms with Crippen molar-refractivity contribution in [2.24, 2.45) is 0 Å². The molecule has 11 heteroatoms. The number of carbonyl (C=O) groups is 1. The Morgan fingerprint density at radius 3 is 2.59 bits per heavy atom. The number of fused-ring (bicyclic) bond motifs is 2. The Kier molecular flexibility index (Phi) is 7.27. The van der Waals surface area contributed by atoms with E-state index in [0.717, 1.165) is 5.57 Å². The van der Waals surface area contributed by atoms with Crippen LogP contribution in [0.3, 0.4) is 0 Å². The minimum atomic E-state index is -4.75. The number of hydrogen-bond acceptors (Lipinski definition) is 6. The summed E-state index contributed by atoms with van der Waals surface area (Å²) in [7, 11) is -1.66. The van der Waals surface area contributed by atoms with Gasteiger partial charge in [0.2, 0.25) is 0 Å². The predicted octanol–water partition coefficient (Wildman–Crippen LogP) is -0.562. The Labute approximate surface area is 151 Å². The molecule has 0 aromatic carbocycles. The maximum absolute atomic E-state index is 12.2. The molecule has 2 bridgehead atoms. The van der Waals surface area contributed by atoms with E-state index in [0.29, 0.717) is 18.1 Å². The van der Waals surface area contributed by atoms with Gasteiger partial charge in [0, 0.05) is 56.9 Å². The largest absolute Gasteiger partial charge is 0.418 e. The van der Waals surface area contributed by atoms with Gasteiger partial charge < -0.3 is 14.4 Å². The van der Waals surface area contributed by atoms with E-state index >= 15 is 0 Å². The predicted molar refractivity (Wildman–Crippen MR) is 76.4 cm³/mol. The summed E-state index contributed by atoms with van der Waals surface area (Å²) in [5.74, 6) is 0. The molecule has 2 atom stereocenters. The van der Waals surface area contributed by atoms with Gasteiger partial charge >= 0.3 is 16.4 Å². The minimum absolute atomic E-state index is 0. The number of amides is 2. The zero-order chi connectivity index (χ0) is 15.6. The molecule has 121 valence electrons. The van der Waals surface area contributed by atoms with Crippen LogP contribution in [0, 0.1) is 0 Å². The number of urea groups is 1. The second-order valence-electron chi connectivity index (χ2n) is 4.79. The number of nitrogens with zero attached hydrogens (tertiary/aromatic N) is 2. The molecule has 1 N–H and O–H groups in total. The third kappa shape index (κ3) is 4.42. The summed E-state index contributed by atoms with van der Waals surface area (Å²) < 4.78 is 45.0. The smallest absolute Gasteiger partial charge is 0.384 e. The second-order valence-corrected chi connectivity index (χ2v) is 5.79. The molecule has 9 nitrogen and oxygen atoms in total. The number of rotatable bonds is 7. The molecular formula is C11H18N2NaO7S. The Bertz CT molecular complexity index is 539. The van der Waals surface area contributed by atoms with E-state index in [1.165, 1.54) is 12.0 Å². The normalized spacial score (nSPS) is 24.3. The molecule has 0 unspecified atom stereocenters. The maximum atomic E-state index is 12.2. The summed E-state index contributed by atoms with van der Waals surface area (Å²) in [5.41, 5.74) is 0.907. The van der Waals surface area contributed by atoms with E-state index in [1.54, 1.807) is 13.2 Å². The molecule has 0 aromatic rings. The molecule has 2 amide bonds. The van der Waals surface area contributed by atoms with Gasteiger partial charge in [-0.05, 0) is 12.0 Å². The van der Waals surface area contributed by atoms with Gasteiger partial charge in [-0.3, -0.25) is 4.55 Å². The van der Waals surface area contributed by atoms with Gasteiger partial charge in [-0.25, -0.2) is 4.79 Å². The molecule has 2 heterocycles. The molecule has 22 heavy (non-hydrogen) atoms. The van der Waals surface area contributed by atoms with Crippen molar-refractivity contribution >= 4 is 46.0 Å². The van der Waals surface area contributed by atoms with Crippen LogP contribution in [0.15, 0.2) is 11.6 Å². The number of methoxy groups -OCH3 is 2. The quantitative estimate of drug-likeness (QED) is 0.374. The summed E-state index contributed by atoms with van der Waals surface area (Å²) in [6, 6.07) is -1.49. The third-order valence-electron chi connectivity index (χ3n) is 3.42. The summed E-state index contributed by atoms with van der Waals surface area (Å²) in [6.07, 6.45) is 2.35. The molecule has 1 fully saturated rings. The van der Waals surface area contributed by atoms with E-state index in [4.69, 9.17) is 14.0 Å². The fourth-order valence-electron chi connectivity index (χ4n) is 2.57. The molecule has 0 saturated carbocycles. The fraction of sp³-hybridized carbons (Fsp3) is 0.727. The van der Waals surface area contributed by atoms with Crippen LogP contribution >= 0.6 is 0 Å². The van der Waals surface area contributed by atoms with Crippen molar-refractivity contribution in [3.63, 3.8) is 0 Å². The first-order valence-electron chi connectivity index (χ1n) is 6.32. The molecular weight excluding hydrogens is 327 g/mol. The van der Waals surface area contributed by atoms with Crippen LogP contribution in [0.1, 0.15) is 6.42 Å². The van der Waals surface area contributed by atoms with E-state index in [1.807, 2.05) is 0 Å². The Morgan fingerprint density at radius 1 is 1.36 bits per heavy atom. The minimum Gasteiger partial charge on any atom is -0.384 e. The molecule has 0 aromatic heterocycles. The van der Waals surface area contributed by atoms with Gasteiger partial charge in [-0.15, -0.1) is 4.28 Å². The van der Waals surface area contributed by atoms with Gasteiger partial charge in [-0.2, -0.15) is 13.5 Å². The first-order valence-corrected chi connectivity index (χ1v) is 7.69. The van der Waals surface area contributed by atoms with Crippen LogP contribution < -0.4 is 0 Å². The molecule has 1 radical (unpaired) electrons. The molecule has 0 aliphatic carbocycles. The van der Waals surface area contributed by atoms with E-state index in [9.17, 15) is 13.2 Å². The molecule has 0 spiro atoms. The first kappa shape index (κ1) is 19.8. The van der Waals surface area contributed by atoms with Crippen LogP contribution in [-0.4, -0.2) is 105 Å².